The Balaban J connectivity index is 1.38. The molecule has 1 N–H and O–H groups in total. The number of hydrogen-bond donors (Lipinski definition) is 1. The number of piperazine rings is 1. The van der Waals surface area contributed by atoms with E-state index >= 15 is 0 Å². The topological polar surface area (TPSA) is 90.9 Å². The maximum Gasteiger partial charge on any atom is 0.414 e. The summed E-state index contributed by atoms with van der Waals surface area (Å²) in [5, 5.41) is 10.9. The summed E-state index contributed by atoms with van der Waals surface area (Å²) >= 11 is 5.79. The number of ether oxygens (including phenoxy) is 1. The van der Waals surface area contributed by atoms with E-state index in [0.717, 1.165) is 5.82 Å². The Morgan fingerprint density at radius 3 is 2.58 bits per heavy atom. The van der Waals surface area contributed by atoms with Gasteiger partial charge >= 0.3 is 6.09 Å². The molecule has 0 spiro atoms. The summed E-state index contributed by atoms with van der Waals surface area (Å²) in [7, 11) is 0. The molecule has 0 aliphatic carbocycles. The average Bonchev–Trinajstić information content (AvgIpc) is 3.13. The molecular formula is C20H22ClFN6O3. The van der Waals surface area contributed by atoms with Crippen molar-refractivity contribution >= 4 is 40.8 Å². The summed E-state index contributed by atoms with van der Waals surface area (Å²) in [6.45, 7) is 4.43. The Kier molecular flexibility index (Phi) is 6.08. The highest BCUT2D eigenvalue weighted by Gasteiger charge is 2.33. The summed E-state index contributed by atoms with van der Waals surface area (Å²) in [5.41, 5.74) is 0.902. The highest BCUT2D eigenvalue weighted by Crippen LogP contribution is 2.29. The highest BCUT2D eigenvalue weighted by atomic mass is 35.5. The molecule has 2 saturated heterocycles. The quantitative estimate of drug-likeness (QED) is 0.748. The Labute approximate surface area is 183 Å². The van der Waals surface area contributed by atoms with E-state index in [-0.39, 0.29) is 19.0 Å². The van der Waals surface area contributed by atoms with Crippen molar-refractivity contribution in [2.75, 3.05) is 54.0 Å². The van der Waals surface area contributed by atoms with Crippen LogP contribution in [0.5, 0.6) is 0 Å². The van der Waals surface area contributed by atoms with Gasteiger partial charge in [0.15, 0.2) is 11.0 Å². The third kappa shape index (κ3) is 4.79. The minimum absolute atomic E-state index is 0.201. The maximum absolute atomic E-state index is 14.9. The first-order chi connectivity index (χ1) is 14.9. The Morgan fingerprint density at radius 1 is 1.19 bits per heavy atom. The van der Waals surface area contributed by atoms with Gasteiger partial charge in [-0.15, -0.1) is 10.2 Å². The maximum atomic E-state index is 14.9. The number of halogens is 2. The smallest absolute Gasteiger partial charge is 0.414 e. The lowest BCUT2D eigenvalue weighted by molar-refractivity contribution is -0.119. The summed E-state index contributed by atoms with van der Waals surface area (Å²) in [5.74, 6) is 0.129. The molecule has 0 saturated carbocycles. The largest absolute Gasteiger partial charge is 0.442 e. The molecule has 1 aromatic heterocycles. The Hall–Kier alpha value is -3.14. The number of carbonyl (C=O) groups excluding carboxylic acids is 2. The summed E-state index contributed by atoms with van der Waals surface area (Å²) in [4.78, 5) is 28.6. The molecule has 9 nitrogen and oxygen atoms in total. The third-order valence-electron chi connectivity index (χ3n) is 5.26. The van der Waals surface area contributed by atoms with Crippen molar-refractivity contribution in [3.05, 3.63) is 41.3 Å². The van der Waals surface area contributed by atoms with Gasteiger partial charge in [-0.25, -0.2) is 9.18 Å². The van der Waals surface area contributed by atoms with Crippen LogP contribution in [0.4, 0.5) is 26.4 Å². The van der Waals surface area contributed by atoms with Crippen molar-refractivity contribution in [1.29, 1.82) is 0 Å². The molecular weight excluding hydrogens is 427 g/mol. The Bertz CT molecular complexity index is 968. The summed E-state index contributed by atoms with van der Waals surface area (Å²) in [6.07, 6.45) is -1.02. The lowest BCUT2D eigenvalue weighted by atomic mass is 10.2. The van der Waals surface area contributed by atoms with Crippen LogP contribution in [0.3, 0.4) is 0 Å². The fourth-order valence-electron chi connectivity index (χ4n) is 3.67. The van der Waals surface area contributed by atoms with Crippen molar-refractivity contribution in [2.45, 2.75) is 13.0 Å². The number of cyclic esters (lactones) is 1. The van der Waals surface area contributed by atoms with Crippen LogP contribution in [0.25, 0.3) is 0 Å². The monoisotopic (exact) mass is 448 g/mol. The van der Waals surface area contributed by atoms with Crippen molar-refractivity contribution in [1.82, 2.24) is 15.5 Å². The van der Waals surface area contributed by atoms with Crippen LogP contribution < -0.4 is 20.0 Å². The predicted molar refractivity (Wildman–Crippen MR) is 114 cm³/mol. The van der Waals surface area contributed by atoms with Crippen LogP contribution in [0, 0.1) is 5.82 Å². The number of benzene rings is 1. The van der Waals surface area contributed by atoms with Gasteiger partial charge in [0, 0.05) is 33.1 Å². The van der Waals surface area contributed by atoms with Gasteiger partial charge in [0.2, 0.25) is 5.91 Å². The second-order valence-corrected chi connectivity index (χ2v) is 7.76. The molecule has 164 valence electrons. The first kappa shape index (κ1) is 21.1. The molecule has 2 aliphatic heterocycles. The highest BCUT2D eigenvalue weighted by molar-refractivity contribution is 6.29. The van der Waals surface area contributed by atoms with Crippen LogP contribution in [0.15, 0.2) is 30.3 Å². The van der Waals surface area contributed by atoms with Crippen LogP contribution in [0.2, 0.25) is 5.15 Å². The van der Waals surface area contributed by atoms with E-state index in [4.69, 9.17) is 16.3 Å². The fraction of sp³-hybridized carbons (Fsp3) is 0.400. The molecule has 1 aromatic carbocycles. The van der Waals surface area contributed by atoms with Crippen molar-refractivity contribution < 1.29 is 18.7 Å². The minimum Gasteiger partial charge on any atom is -0.442 e. The van der Waals surface area contributed by atoms with Crippen LogP contribution in [-0.2, 0) is 9.53 Å². The van der Waals surface area contributed by atoms with E-state index < -0.39 is 18.0 Å². The number of carbonyl (C=O) groups is 2. The number of nitrogens with zero attached hydrogens (tertiary/aromatic N) is 5. The van der Waals surface area contributed by atoms with Gasteiger partial charge in [-0.3, -0.25) is 9.69 Å². The number of anilines is 3. The SMILES string of the molecule is CC(=O)NC[C@H]1CN(c2ccc(N3CCN(c4ccc(Cl)nn4)CC3)c(F)c2)C(=O)O1. The van der Waals surface area contributed by atoms with Crippen LogP contribution in [-0.4, -0.2) is 67.6 Å². The van der Waals surface area contributed by atoms with E-state index in [0.29, 0.717) is 42.7 Å². The minimum atomic E-state index is -0.555. The zero-order chi connectivity index (χ0) is 22.0. The van der Waals surface area contributed by atoms with E-state index in [2.05, 4.69) is 20.4 Å². The molecule has 4 rings (SSSR count). The van der Waals surface area contributed by atoms with Gasteiger partial charge < -0.3 is 19.9 Å². The number of amides is 2. The normalized spacial score (nSPS) is 18.9. The number of hydrogen-bond acceptors (Lipinski definition) is 7. The molecule has 0 radical (unpaired) electrons. The fourth-order valence-corrected chi connectivity index (χ4v) is 3.77. The van der Waals surface area contributed by atoms with E-state index in [1.165, 1.54) is 17.9 Å². The summed E-state index contributed by atoms with van der Waals surface area (Å²) in [6, 6.07) is 8.23. The standard InChI is InChI=1S/C20H22ClFN6O3/c1-13(29)23-11-15-12-28(20(30)31-15)14-2-3-17(16(22)10-14)26-6-8-27(9-7-26)19-5-4-18(21)24-25-19/h2-5,10,15H,6-9,11-12H2,1H3,(H,23,29)/t15-/m0/s1. The van der Waals surface area contributed by atoms with Crippen molar-refractivity contribution in [2.24, 2.45) is 0 Å². The van der Waals surface area contributed by atoms with Gasteiger partial charge in [0.25, 0.3) is 0 Å². The second kappa shape index (κ2) is 8.93. The predicted octanol–water partition coefficient (Wildman–Crippen LogP) is 2.06. The van der Waals surface area contributed by atoms with E-state index in [1.807, 2.05) is 11.0 Å². The molecule has 0 unspecified atom stereocenters. The molecule has 2 aliphatic rings. The van der Waals surface area contributed by atoms with Gasteiger partial charge in [-0.2, -0.15) is 0 Å². The molecule has 2 fully saturated rings. The molecule has 2 amide bonds. The zero-order valence-corrected chi connectivity index (χ0v) is 17.7. The first-order valence-electron chi connectivity index (χ1n) is 9.92. The number of nitrogens with one attached hydrogen (secondary N) is 1. The van der Waals surface area contributed by atoms with Gasteiger partial charge in [-0.05, 0) is 30.3 Å². The molecule has 0 bridgehead atoms. The average molecular weight is 449 g/mol. The van der Waals surface area contributed by atoms with E-state index in [9.17, 15) is 14.0 Å². The molecule has 3 heterocycles. The molecule has 11 heteroatoms. The molecule has 1 atom stereocenters. The van der Waals surface area contributed by atoms with Gasteiger partial charge in [0.1, 0.15) is 11.9 Å². The Morgan fingerprint density at radius 2 is 1.94 bits per heavy atom. The zero-order valence-electron chi connectivity index (χ0n) is 16.9. The van der Waals surface area contributed by atoms with Crippen LogP contribution in [0.1, 0.15) is 6.92 Å². The molecule has 2 aromatic rings. The van der Waals surface area contributed by atoms with Crippen LogP contribution >= 0.6 is 11.6 Å². The van der Waals surface area contributed by atoms with Crippen molar-refractivity contribution in [3.8, 4) is 0 Å². The number of aromatic nitrogens is 2. The number of rotatable bonds is 5. The van der Waals surface area contributed by atoms with E-state index in [1.54, 1.807) is 18.2 Å². The van der Waals surface area contributed by atoms with Gasteiger partial charge in [-0.1, -0.05) is 11.6 Å². The lowest BCUT2D eigenvalue weighted by Gasteiger charge is -2.36. The summed E-state index contributed by atoms with van der Waals surface area (Å²) < 4.78 is 20.1. The third-order valence-corrected chi connectivity index (χ3v) is 5.46. The lowest BCUT2D eigenvalue weighted by Crippen LogP contribution is -2.47. The first-order valence-corrected chi connectivity index (χ1v) is 10.3. The van der Waals surface area contributed by atoms with Crippen molar-refractivity contribution in [3.63, 3.8) is 0 Å². The molecule has 31 heavy (non-hydrogen) atoms. The van der Waals surface area contributed by atoms with Gasteiger partial charge in [0.05, 0.1) is 24.5 Å². The second-order valence-electron chi connectivity index (χ2n) is 7.38.